The van der Waals surface area contributed by atoms with E-state index in [9.17, 15) is 4.79 Å². The van der Waals surface area contributed by atoms with Crippen LogP contribution in [0, 0.1) is 0 Å². The Kier molecular flexibility index (Phi) is 3.36. The highest BCUT2D eigenvalue weighted by Gasteiger charge is 2.16. The fraction of sp³-hybridized carbons (Fsp3) is 0.455. The van der Waals surface area contributed by atoms with Crippen molar-refractivity contribution in [2.75, 3.05) is 18.5 Å². The molecule has 16 heavy (non-hydrogen) atoms. The van der Waals surface area contributed by atoms with Crippen LogP contribution in [0.4, 0.5) is 5.82 Å². The first-order valence-corrected chi connectivity index (χ1v) is 5.36. The highest BCUT2D eigenvalue weighted by atomic mass is 16.5. The predicted molar refractivity (Wildman–Crippen MR) is 60.1 cm³/mol. The van der Waals surface area contributed by atoms with E-state index in [1.54, 1.807) is 6.07 Å². The van der Waals surface area contributed by atoms with Crippen molar-refractivity contribution in [3.63, 3.8) is 0 Å². The van der Waals surface area contributed by atoms with Gasteiger partial charge in [-0.3, -0.25) is 9.48 Å². The van der Waals surface area contributed by atoms with E-state index in [1.807, 2.05) is 10.9 Å². The van der Waals surface area contributed by atoms with Crippen molar-refractivity contribution in [2.45, 2.75) is 18.9 Å². The Morgan fingerprint density at radius 1 is 1.62 bits per heavy atom. The molecule has 5 nitrogen and oxygen atoms in total. The SMILES string of the molecule is C=CC(=O)Nc1ccn(C2CCOCC2)n1. The van der Waals surface area contributed by atoms with Gasteiger partial charge in [0.2, 0.25) is 5.91 Å². The van der Waals surface area contributed by atoms with Crippen LogP contribution in [-0.4, -0.2) is 28.9 Å². The average Bonchev–Trinajstić information content (AvgIpc) is 2.78. The summed E-state index contributed by atoms with van der Waals surface area (Å²) in [4.78, 5) is 11.1. The van der Waals surface area contributed by atoms with Crippen LogP contribution in [0.1, 0.15) is 18.9 Å². The van der Waals surface area contributed by atoms with Gasteiger partial charge in [-0.2, -0.15) is 5.10 Å². The molecule has 0 aromatic carbocycles. The number of nitrogens with one attached hydrogen (secondary N) is 1. The predicted octanol–water partition coefficient (Wildman–Crippen LogP) is 1.36. The molecule has 0 atom stereocenters. The molecule has 1 N–H and O–H groups in total. The Labute approximate surface area is 94.1 Å². The Bertz CT molecular complexity index is 380. The Morgan fingerprint density at radius 3 is 3.06 bits per heavy atom. The summed E-state index contributed by atoms with van der Waals surface area (Å²) in [5, 5.41) is 6.93. The maximum absolute atomic E-state index is 11.1. The van der Waals surface area contributed by atoms with Crippen molar-refractivity contribution in [3.8, 4) is 0 Å². The molecule has 0 radical (unpaired) electrons. The molecule has 1 aliphatic heterocycles. The van der Waals surface area contributed by atoms with Gasteiger partial charge in [0.25, 0.3) is 0 Å². The van der Waals surface area contributed by atoms with Crippen LogP contribution in [0.2, 0.25) is 0 Å². The summed E-state index contributed by atoms with van der Waals surface area (Å²) in [6, 6.07) is 2.17. The van der Waals surface area contributed by atoms with Gasteiger partial charge in [-0.15, -0.1) is 0 Å². The molecule has 0 unspecified atom stereocenters. The third-order valence-corrected chi connectivity index (χ3v) is 2.61. The number of ether oxygens (including phenoxy) is 1. The van der Waals surface area contributed by atoms with Crippen LogP contribution in [0.15, 0.2) is 24.9 Å². The zero-order valence-corrected chi connectivity index (χ0v) is 9.06. The summed E-state index contributed by atoms with van der Waals surface area (Å²) in [5.41, 5.74) is 0. The molecular formula is C11H15N3O2. The first-order valence-electron chi connectivity index (χ1n) is 5.36. The van der Waals surface area contributed by atoms with Crippen molar-refractivity contribution >= 4 is 11.7 Å². The molecule has 2 heterocycles. The Balaban J connectivity index is 2.00. The fourth-order valence-corrected chi connectivity index (χ4v) is 1.74. The van der Waals surface area contributed by atoms with E-state index in [0.29, 0.717) is 11.9 Å². The Morgan fingerprint density at radius 2 is 2.38 bits per heavy atom. The maximum Gasteiger partial charge on any atom is 0.248 e. The standard InChI is InChI=1S/C11H15N3O2/c1-2-11(15)12-10-3-6-14(13-10)9-4-7-16-8-5-9/h2-3,6,9H,1,4-5,7-8H2,(H,12,13,15). The average molecular weight is 221 g/mol. The molecule has 0 bridgehead atoms. The summed E-state index contributed by atoms with van der Waals surface area (Å²) >= 11 is 0. The lowest BCUT2D eigenvalue weighted by Crippen LogP contribution is -2.20. The van der Waals surface area contributed by atoms with E-state index in [2.05, 4.69) is 17.0 Å². The minimum Gasteiger partial charge on any atom is -0.381 e. The molecular weight excluding hydrogens is 206 g/mol. The van der Waals surface area contributed by atoms with Gasteiger partial charge in [0, 0.05) is 25.5 Å². The summed E-state index contributed by atoms with van der Waals surface area (Å²) < 4.78 is 7.18. The lowest BCUT2D eigenvalue weighted by Gasteiger charge is -2.22. The second-order valence-electron chi connectivity index (χ2n) is 3.72. The number of hydrogen-bond acceptors (Lipinski definition) is 3. The van der Waals surface area contributed by atoms with Crippen LogP contribution < -0.4 is 5.32 Å². The molecule has 1 aromatic heterocycles. The third-order valence-electron chi connectivity index (χ3n) is 2.61. The molecule has 86 valence electrons. The van der Waals surface area contributed by atoms with E-state index < -0.39 is 0 Å². The van der Waals surface area contributed by atoms with Crippen LogP contribution in [0.5, 0.6) is 0 Å². The van der Waals surface area contributed by atoms with Crippen LogP contribution >= 0.6 is 0 Å². The van der Waals surface area contributed by atoms with Gasteiger partial charge in [0.1, 0.15) is 0 Å². The zero-order valence-electron chi connectivity index (χ0n) is 9.06. The molecule has 5 heteroatoms. The maximum atomic E-state index is 11.1. The van der Waals surface area contributed by atoms with Crippen LogP contribution in [0.25, 0.3) is 0 Å². The molecule has 0 saturated carbocycles. The van der Waals surface area contributed by atoms with E-state index in [1.165, 1.54) is 6.08 Å². The number of nitrogens with zero attached hydrogens (tertiary/aromatic N) is 2. The third kappa shape index (κ3) is 2.49. The fourth-order valence-electron chi connectivity index (χ4n) is 1.74. The molecule has 1 fully saturated rings. The summed E-state index contributed by atoms with van der Waals surface area (Å²) in [6.45, 7) is 4.94. The second kappa shape index (κ2) is 4.94. The Hall–Kier alpha value is -1.62. The summed E-state index contributed by atoms with van der Waals surface area (Å²) in [5.74, 6) is 0.327. The van der Waals surface area contributed by atoms with E-state index >= 15 is 0 Å². The van der Waals surface area contributed by atoms with E-state index in [-0.39, 0.29) is 5.91 Å². The van der Waals surface area contributed by atoms with Crippen molar-refractivity contribution in [2.24, 2.45) is 0 Å². The zero-order chi connectivity index (χ0) is 11.4. The molecule has 1 amide bonds. The number of hydrogen-bond donors (Lipinski definition) is 1. The summed E-state index contributed by atoms with van der Waals surface area (Å²) in [6.07, 6.45) is 5.05. The molecule has 2 rings (SSSR count). The van der Waals surface area contributed by atoms with Crippen molar-refractivity contribution in [3.05, 3.63) is 24.9 Å². The number of amides is 1. The van der Waals surface area contributed by atoms with Gasteiger partial charge in [0.05, 0.1) is 6.04 Å². The number of aromatic nitrogens is 2. The van der Waals surface area contributed by atoms with Crippen molar-refractivity contribution in [1.29, 1.82) is 0 Å². The number of rotatable bonds is 3. The minimum atomic E-state index is -0.239. The van der Waals surface area contributed by atoms with Gasteiger partial charge >= 0.3 is 0 Å². The van der Waals surface area contributed by atoms with Crippen LogP contribution in [-0.2, 0) is 9.53 Å². The van der Waals surface area contributed by atoms with Gasteiger partial charge in [-0.05, 0) is 18.9 Å². The monoisotopic (exact) mass is 221 g/mol. The number of carbonyl (C=O) groups excluding carboxylic acids is 1. The molecule has 0 aliphatic carbocycles. The molecule has 1 aliphatic rings. The van der Waals surface area contributed by atoms with E-state index in [4.69, 9.17) is 4.74 Å². The lowest BCUT2D eigenvalue weighted by molar-refractivity contribution is -0.111. The lowest BCUT2D eigenvalue weighted by atomic mass is 10.1. The quantitative estimate of drug-likeness (QED) is 0.784. The van der Waals surface area contributed by atoms with Gasteiger partial charge in [0.15, 0.2) is 5.82 Å². The first kappa shape index (κ1) is 10.9. The highest BCUT2D eigenvalue weighted by Crippen LogP contribution is 2.20. The van der Waals surface area contributed by atoms with Gasteiger partial charge < -0.3 is 10.1 Å². The number of carbonyl (C=O) groups is 1. The van der Waals surface area contributed by atoms with Gasteiger partial charge in [-0.1, -0.05) is 6.58 Å². The first-order chi connectivity index (χ1) is 7.79. The normalized spacial score (nSPS) is 17.0. The largest absolute Gasteiger partial charge is 0.381 e. The molecule has 1 aromatic rings. The minimum absolute atomic E-state index is 0.239. The highest BCUT2D eigenvalue weighted by molar-refractivity contribution is 5.98. The smallest absolute Gasteiger partial charge is 0.248 e. The molecule has 1 saturated heterocycles. The van der Waals surface area contributed by atoms with Gasteiger partial charge in [-0.25, -0.2) is 0 Å². The van der Waals surface area contributed by atoms with Crippen molar-refractivity contribution in [1.82, 2.24) is 9.78 Å². The molecule has 0 spiro atoms. The van der Waals surface area contributed by atoms with Crippen LogP contribution in [0.3, 0.4) is 0 Å². The summed E-state index contributed by atoms with van der Waals surface area (Å²) in [7, 11) is 0. The topological polar surface area (TPSA) is 56.2 Å². The van der Waals surface area contributed by atoms with Crippen molar-refractivity contribution < 1.29 is 9.53 Å². The van der Waals surface area contributed by atoms with E-state index in [0.717, 1.165) is 26.1 Å². The second-order valence-corrected chi connectivity index (χ2v) is 3.72. The number of anilines is 1.